The molecule has 1 fully saturated rings. The Labute approximate surface area is 113 Å². The predicted octanol–water partition coefficient (Wildman–Crippen LogP) is 2.36. The molecule has 0 heterocycles. The molecule has 0 aromatic rings. The van der Waals surface area contributed by atoms with E-state index in [1.165, 1.54) is 7.11 Å². The van der Waals surface area contributed by atoms with E-state index < -0.39 is 5.97 Å². The quantitative estimate of drug-likeness (QED) is 0.471. The first kappa shape index (κ1) is 15.4. The van der Waals surface area contributed by atoms with Gasteiger partial charge in [0.2, 0.25) is 0 Å². The molecule has 0 aromatic carbocycles. The lowest BCUT2D eigenvalue weighted by Crippen LogP contribution is -2.22. The summed E-state index contributed by atoms with van der Waals surface area (Å²) < 4.78 is 4.52. The number of carbonyl (C=O) groups excluding carboxylic acids is 2. The molecule has 106 valence electrons. The molecule has 5 nitrogen and oxygen atoms in total. The number of hydrogen-bond acceptors (Lipinski definition) is 5. The number of ether oxygens (including phenoxy) is 1. The van der Waals surface area contributed by atoms with E-state index in [0.29, 0.717) is 30.7 Å². The second-order valence-electron chi connectivity index (χ2n) is 4.50. The van der Waals surface area contributed by atoms with Gasteiger partial charge in [0.05, 0.1) is 19.1 Å². The molecule has 0 unspecified atom stereocenters. The maximum Gasteiger partial charge on any atom is 0.305 e. The van der Waals surface area contributed by atoms with Gasteiger partial charge in [-0.15, -0.1) is 0 Å². The topological polar surface area (TPSA) is 76.0 Å². The number of aliphatic imine (C=N–C) groups is 1. The van der Waals surface area contributed by atoms with Crippen molar-refractivity contribution >= 4 is 17.5 Å². The Morgan fingerprint density at radius 2 is 2.11 bits per heavy atom. The average Bonchev–Trinajstić information content (AvgIpc) is 2.42. The van der Waals surface area contributed by atoms with E-state index in [-0.39, 0.29) is 24.4 Å². The van der Waals surface area contributed by atoms with Crippen LogP contribution in [-0.2, 0) is 14.3 Å². The van der Waals surface area contributed by atoms with Crippen LogP contribution in [0.5, 0.6) is 0 Å². The van der Waals surface area contributed by atoms with E-state index in [4.69, 9.17) is 0 Å². The van der Waals surface area contributed by atoms with Crippen LogP contribution in [0.25, 0.3) is 0 Å². The number of ketones is 1. The molecule has 5 heteroatoms. The molecule has 0 radical (unpaired) electrons. The van der Waals surface area contributed by atoms with E-state index in [1.807, 2.05) is 6.92 Å². The number of nitrogens with zero attached hydrogens (tertiary/aromatic N) is 1. The summed E-state index contributed by atoms with van der Waals surface area (Å²) in [4.78, 5) is 27.3. The highest BCUT2D eigenvalue weighted by molar-refractivity contribution is 6.24. The summed E-state index contributed by atoms with van der Waals surface area (Å²) in [6.07, 6.45) is 3.01. The van der Waals surface area contributed by atoms with Crippen LogP contribution >= 0.6 is 0 Å². The monoisotopic (exact) mass is 267 g/mol. The van der Waals surface area contributed by atoms with Gasteiger partial charge in [0.1, 0.15) is 5.76 Å². The zero-order valence-corrected chi connectivity index (χ0v) is 11.6. The minimum absolute atomic E-state index is 0.0371. The van der Waals surface area contributed by atoms with Crippen molar-refractivity contribution in [3.63, 3.8) is 0 Å². The minimum Gasteiger partial charge on any atom is -0.511 e. The molecule has 1 aliphatic carbocycles. The molecular formula is C14H21NO4. The highest BCUT2D eigenvalue weighted by atomic mass is 16.5. The van der Waals surface area contributed by atoms with Crippen LogP contribution in [0.2, 0.25) is 0 Å². The highest BCUT2D eigenvalue weighted by Gasteiger charge is 2.25. The summed E-state index contributed by atoms with van der Waals surface area (Å²) in [5, 5.41) is 10.0. The minimum atomic E-state index is -0.401. The van der Waals surface area contributed by atoms with Crippen LogP contribution in [0.4, 0.5) is 0 Å². The van der Waals surface area contributed by atoms with Gasteiger partial charge < -0.3 is 9.84 Å². The SMILES string of the molecule is CCCN=C1CCCC(=O)/C1=C(/O)CCC(=O)OC. The Balaban J connectivity index is 2.87. The number of aliphatic hydroxyl groups is 1. The van der Waals surface area contributed by atoms with E-state index in [9.17, 15) is 14.7 Å². The molecule has 19 heavy (non-hydrogen) atoms. The van der Waals surface area contributed by atoms with Gasteiger partial charge in [0.25, 0.3) is 0 Å². The van der Waals surface area contributed by atoms with E-state index in [0.717, 1.165) is 12.8 Å². The smallest absolute Gasteiger partial charge is 0.305 e. The van der Waals surface area contributed by atoms with Crippen LogP contribution in [0.15, 0.2) is 16.3 Å². The number of methoxy groups -OCH3 is 1. The third-order valence-electron chi connectivity index (χ3n) is 2.99. The summed E-state index contributed by atoms with van der Waals surface area (Å²) in [6, 6.07) is 0. The summed E-state index contributed by atoms with van der Waals surface area (Å²) in [5.41, 5.74) is 1.00. The number of rotatable bonds is 5. The Morgan fingerprint density at radius 3 is 2.74 bits per heavy atom. The maximum absolute atomic E-state index is 11.9. The lowest BCUT2D eigenvalue weighted by Gasteiger charge is -2.17. The van der Waals surface area contributed by atoms with Gasteiger partial charge in [-0.05, 0) is 19.3 Å². The van der Waals surface area contributed by atoms with Crippen LogP contribution in [0.1, 0.15) is 45.4 Å². The normalized spacial score (nSPS) is 20.5. The molecule has 1 N–H and O–H groups in total. The largest absolute Gasteiger partial charge is 0.511 e. The molecule has 0 aliphatic heterocycles. The fourth-order valence-corrected chi connectivity index (χ4v) is 2.01. The lowest BCUT2D eigenvalue weighted by molar-refractivity contribution is -0.140. The van der Waals surface area contributed by atoms with Gasteiger partial charge in [-0.1, -0.05) is 6.92 Å². The molecule has 1 rings (SSSR count). The standard InChI is InChI=1S/C14H21NO4/c1-3-9-15-10-5-4-6-11(16)14(10)12(17)7-8-13(18)19-2/h17H,3-9H2,1-2H3/b14-12+,15-10?. The number of Topliss-reactive ketones (excluding diaryl/α,β-unsaturated/α-hetero) is 1. The lowest BCUT2D eigenvalue weighted by atomic mass is 9.89. The van der Waals surface area contributed by atoms with Gasteiger partial charge >= 0.3 is 5.97 Å². The number of carbonyl (C=O) groups is 2. The van der Waals surface area contributed by atoms with Crippen LogP contribution in [0, 0.1) is 0 Å². The average molecular weight is 267 g/mol. The first-order valence-electron chi connectivity index (χ1n) is 6.66. The van der Waals surface area contributed by atoms with Gasteiger partial charge in [0.15, 0.2) is 5.78 Å². The van der Waals surface area contributed by atoms with Crippen molar-refractivity contribution in [2.45, 2.75) is 45.4 Å². The first-order valence-corrected chi connectivity index (χ1v) is 6.66. The Kier molecular flexibility index (Phi) is 6.25. The zero-order chi connectivity index (χ0) is 14.3. The molecule has 0 amide bonds. The first-order chi connectivity index (χ1) is 9.10. The van der Waals surface area contributed by atoms with Crippen molar-refractivity contribution in [1.82, 2.24) is 0 Å². The van der Waals surface area contributed by atoms with Crippen LogP contribution in [0.3, 0.4) is 0 Å². The van der Waals surface area contributed by atoms with Crippen molar-refractivity contribution in [2.24, 2.45) is 4.99 Å². The molecule has 0 spiro atoms. The second-order valence-corrected chi connectivity index (χ2v) is 4.50. The summed E-state index contributed by atoms with van der Waals surface area (Å²) in [6.45, 7) is 2.66. The van der Waals surface area contributed by atoms with E-state index >= 15 is 0 Å². The molecule has 0 bridgehead atoms. The van der Waals surface area contributed by atoms with Crippen LogP contribution in [-0.4, -0.2) is 36.2 Å². The number of hydrogen-bond donors (Lipinski definition) is 1. The maximum atomic E-state index is 11.9. The van der Waals surface area contributed by atoms with Crippen molar-refractivity contribution in [3.05, 3.63) is 11.3 Å². The Bertz CT molecular complexity index is 410. The van der Waals surface area contributed by atoms with Gasteiger partial charge in [-0.25, -0.2) is 0 Å². The number of aliphatic hydroxyl groups excluding tert-OH is 1. The van der Waals surface area contributed by atoms with Gasteiger partial charge in [-0.3, -0.25) is 14.6 Å². The summed E-state index contributed by atoms with van der Waals surface area (Å²) >= 11 is 0. The molecule has 1 saturated carbocycles. The van der Waals surface area contributed by atoms with Crippen molar-refractivity contribution in [3.8, 4) is 0 Å². The fourth-order valence-electron chi connectivity index (χ4n) is 2.01. The van der Waals surface area contributed by atoms with E-state index in [2.05, 4.69) is 9.73 Å². The molecule has 1 aliphatic rings. The Morgan fingerprint density at radius 1 is 1.37 bits per heavy atom. The Hall–Kier alpha value is -1.65. The third-order valence-corrected chi connectivity index (χ3v) is 2.99. The van der Waals surface area contributed by atoms with Gasteiger partial charge in [0, 0.05) is 25.1 Å². The second kappa shape index (κ2) is 7.71. The van der Waals surface area contributed by atoms with Crippen molar-refractivity contribution in [1.29, 1.82) is 0 Å². The molecule has 0 aromatic heterocycles. The summed E-state index contributed by atoms with van der Waals surface area (Å²) in [7, 11) is 1.30. The van der Waals surface area contributed by atoms with Crippen LogP contribution < -0.4 is 0 Å². The predicted molar refractivity (Wildman–Crippen MR) is 72.4 cm³/mol. The highest BCUT2D eigenvalue weighted by Crippen LogP contribution is 2.22. The number of allylic oxidation sites excluding steroid dienone is 2. The molecular weight excluding hydrogens is 246 g/mol. The summed E-state index contributed by atoms with van der Waals surface area (Å²) in [5.74, 6) is -0.518. The van der Waals surface area contributed by atoms with E-state index in [1.54, 1.807) is 0 Å². The van der Waals surface area contributed by atoms with Crippen molar-refractivity contribution < 1.29 is 19.4 Å². The third kappa shape index (κ3) is 4.50. The molecule has 0 atom stereocenters. The van der Waals surface area contributed by atoms with Gasteiger partial charge in [-0.2, -0.15) is 0 Å². The van der Waals surface area contributed by atoms with Crippen molar-refractivity contribution in [2.75, 3.05) is 13.7 Å². The zero-order valence-electron chi connectivity index (χ0n) is 11.6. The number of esters is 1. The fraction of sp³-hybridized carbons (Fsp3) is 0.643. The molecule has 0 saturated heterocycles.